The molecule has 3 rings (SSSR count). The molecule has 1 aliphatic heterocycles. The molecule has 1 aliphatic carbocycles. The van der Waals surface area contributed by atoms with Crippen LogP contribution < -0.4 is 14.5 Å². The van der Waals surface area contributed by atoms with Crippen molar-refractivity contribution in [1.29, 1.82) is 0 Å². The third-order valence-corrected chi connectivity index (χ3v) is 5.02. The quantitative estimate of drug-likeness (QED) is 0.781. The zero-order chi connectivity index (χ0) is 22.0. The number of halogens is 2. The van der Waals surface area contributed by atoms with Gasteiger partial charge in [0.2, 0.25) is 5.91 Å². The van der Waals surface area contributed by atoms with Crippen molar-refractivity contribution in [2.45, 2.75) is 32.6 Å². The number of imide groups is 1. The summed E-state index contributed by atoms with van der Waals surface area (Å²) in [5, 5.41) is 9.40. The molecule has 0 spiro atoms. The number of carbonyl (C=O) groups is 4. The molecular formula is C20H20F2N2O6. The van der Waals surface area contributed by atoms with Crippen LogP contribution in [0.1, 0.15) is 32.6 Å². The number of alkyl halides is 1. The van der Waals surface area contributed by atoms with Crippen LogP contribution in [0.25, 0.3) is 0 Å². The summed E-state index contributed by atoms with van der Waals surface area (Å²) in [6, 6.07) is 1.99. The molecule has 1 heterocycles. The van der Waals surface area contributed by atoms with Gasteiger partial charge in [-0.15, -0.1) is 0 Å². The molecule has 0 bridgehead atoms. The number of carbonyl (C=O) groups excluding carboxylic acids is 3. The Morgan fingerprint density at radius 1 is 1.20 bits per heavy atom. The number of fused-ring (bicyclic) bond motifs is 1. The van der Waals surface area contributed by atoms with Crippen LogP contribution in [0.4, 0.5) is 20.2 Å². The highest BCUT2D eigenvalue weighted by molar-refractivity contribution is 6.22. The van der Waals surface area contributed by atoms with Crippen LogP contribution in [0, 0.1) is 5.82 Å². The highest BCUT2D eigenvalue weighted by Crippen LogP contribution is 2.39. The summed E-state index contributed by atoms with van der Waals surface area (Å²) in [4.78, 5) is 50.6. The zero-order valence-electron chi connectivity index (χ0n) is 16.2. The second-order valence-corrected chi connectivity index (χ2v) is 6.92. The molecule has 10 heteroatoms. The van der Waals surface area contributed by atoms with Crippen molar-refractivity contribution in [3.63, 3.8) is 0 Å². The lowest BCUT2D eigenvalue weighted by atomic mass is 9.90. The summed E-state index contributed by atoms with van der Waals surface area (Å²) in [5.41, 5.74) is -0.603. The van der Waals surface area contributed by atoms with E-state index in [0.717, 1.165) is 24.0 Å². The minimum absolute atomic E-state index is 0.0235. The first-order chi connectivity index (χ1) is 14.3. The van der Waals surface area contributed by atoms with Crippen molar-refractivity contribution in [3.8, 4) is 5.75 Å². The monoisotopic (exact) mass is 422 g/mol. The number of amides is 3. The Morgan fingerprint density at radius 2 is 1.87 bits per heavy atom. The van der Waals surface area contributed by atoms with Crippen LogP contribution in [0.5, 0.6) is 5.75 Å². The first-order valence-corrected chi connectivity index (χ1v) is 9.39. The number of aliphatic carboxylic acids is 1. The summed E-state index contributed by atoms with van der Waals surface area (Å²) in [6.07, 6.45) is 1.46. The SMILES string of the molecule is CC(=O)N(C(=O)C1=C(C(=O)O)CCCC1)c1cc2c(cc1F)OCC(=O)N2CCF. The molecule has 0 radical (unpaired) electrons. The Hall–Kier alpha value is -3.30. The van der Waals surface area contributed by atoms with Crippen molar-refractivity contribution < 1.29 is 37.8 Å². The molecule has 160 valence electrons. The van der Waals surface area contributed by atoms with E-state index in [2.05, 4.69) is 0 Å². The van der Waals surface area contributed by atoms with Crippen LogP contribution >= 0.6 is 0 Å². The van der Waals surface area contributed by atoms with Crippen molar-refractivity contribution >= 4 is 35.1 Å². The fourth-order valence-corrected chi connectivity index (χ4v) is 3.65. The highest BCUT2D eigenvalue weighted by Gasteiger charge is 2.34. The predicted molar refractivity (Wildman–Crippen MR) is 102 cm³/mol. The van der Waals surface area contributed by atoms with Gasteiger partial charge in [-0.2, -0.15) is 0 Å². The molecule has 8 nitrogen and oxygen atoms in total. The maximum absolute atomic E-state index is 14.8. The minimum atomic E-state index is -1.26. The van der Waals surface area contributed by atoms with E-state index in [1.165, 1.54) is 0 Å². The van der Waals surface area contributed by atoms with Crippen LogP contribution in [-0.2, 0) is 19.2 Å². The average molecular weight is 422 g/mol. The number of anilines is 2. The number of benzene rings is 1. The summed E-state index contributed by atoms with van der Waals surface area (Å²) >= 11 is 0. The summed E-state index contributed by atoms with van der Waals surface area (Å²) < 4.78 is 32.9. The second-order valence-electron chi connectivity index (χ2n) is 6.92. The lowest BCUT2D eigenvalue weighted by Crippen LogP contribution is -2.41. The zero-order valence-corrected chi connectivity index (χ0v) is 16.2. The van der Waals surface area contributed by atoms with E-state index in [9.17, 15) is 33.1 Å². The molecule has 1 N–H and O–H groups in total. The smallest absolute Gasteiger partial charge is 0.332 e. The molecule has 2 aliphatic rings. The highest BCUT2D eigenvalue weighted by atomic mass is 19.1. The van der Waals surface area contributed by atoms with Gasteiger partial charge < -0.3 is 14.7 Å². The van der Waals surface area contributed by atoms with Crippen LogP contribution in [0.2, 0.25) is 0 Å². The van der Waals surface area contributed by atoms with Gasteiger partial charge in [-0.3, -0.25) is 14.4 Å². The van der Waals surface area contributed by atoms with Crippen molar-refractivity contribution in [2.24, 2.45) is 0 Å². The van der Waals surface area contributed by atoms with E-state index in [4.69, 9.17) is 4.74 Å². The van der Waals surface area contributed by atoms with Gasteiger partial charge in [-0.05, 0) is 31.7 Å². The van der Waals surface area contributed by atoms with E-state index < -0.39 is 48.5 Å². The Morgan fingerprint density at radius 3 is 2.47 bits per heavy atom. The summed E-state index contributed by atoms with van der Waals surface area (Å²) in [5.74, 6) is -4.58. The molecule has 0 unspecified atom stereocenters. The number of rotatable bonds is 5. The third-order valence-electron chi connectivity index (χ3n) is 5.02. The van der Waals surface area contributed by atoms with E-state index in [-0.39, 0.29) is 42.0 Å². The van der Waals surface area contributed by atoms with Crippen LogP contribution in [0.3, 0.4) is 0 Å². The summed E-state index contributed by atoms with van der Waals surface area (Å²) in [7, 11) is 0. The van der Waals surface area contributed by atoms with Gasteiger partial charge >= 0.3 is 5.97 Å². The number of hydrogen-bond donors (Lipinski definition) is 1. The Balaban J connectivity index is 2.11. The fraction of sp³-hybridized carbons (Fsp3) is 0.400. The van der Waals surface area contributed by atoms with Gasteiger partial charge in [0, 0.05) is 24.1 Å². The Bertz CT molecular complexity index is 959. The number of hydrogen-bond acceptors (Lipinski definition) is 5. The number of nitrogens with zero attached hydrogens (tertiary/aromatic N) is 2. The molecule has 0 saturated carbocycles. The molecule has 0 atom stereocenters. The lowest BCUT2D eigenvalue weighted by Gasteiger charge is -2.31. The molecule has 0 fully saturated rings. The standard InChI is InChI=1S/C20H20F2N2O6/c1-11(25)24(19(27)12-4-2-3-5-13(12)20(28)29)15-9-16-17(8-14(15)22)30-10-18(26)23(16)7-6-21/h8-9H,2-7,10H2,1H3,(H,28,29). The van der Waals surface area contributed by atoms with Crippen molar-refractivity contribution in [1.82, 2.24) is 0 Å². The largest absolute Gasteiger partial charge is 0.481 e. The lowest BCUT2D eigenvalue weighted by molar-refractivity contribution is -0.133. The van der Waals surface area contributed by atoms with Crippen LogP contribution in [-0.4, -0.2) is 48.6 Å². The number of carboxylic acids is 1. The van der Waals surface area contributed by atoms with E-state index in [1.54, 1.807) is 0 Å². The number of carboxylic acid groups (broad SMARTS) is 1. The molecular weight excluding hydrogens is 402 g/mol. The number of ether oxygens (including phenoxy) is 1. The van der Waals surface area contributed by atoms with E-state index >= 15 is 0 Å². The van der Waals surface area contributed by atoms with Gasteiger partial charge in [-0.25, -0.2) is 18.5 Å². The van der Waals surface area contributed by atoms with Crippen LogP contribution in [0.15, 0.2) is 23.3 Å². The fourth-order valence-electron chi connectivity index (χ4n) is 3.65. The molecule has 0 saturated heterocycles. The summed E-state index contributed by atoms with van der Waals surface area (Å²) in [6.45, 7) is -0.512. The predicted octanol–water partition coefficient (Wildman–Crippen LogP) is 2.36. The van der Waals surface area contributed by atoms with Gasteiger partial charge in [0.15, 0.2) is 12.4 Å². The normalized spacial score (nSPS) is 16.1. The maximum atomic E-state index is 14.8. The van der Waals surface area contributed by atoms with Crippen molar-refractivity contribution in [2.75, 3.05) is 29.6 Å². The van der Waals surface area contributed by atoms with Gasteiger partial charge in [0.05, 0.1) is 17.9 Å². The first-order valence-electron chi connectivity index (χ1n) is 9.39. The molecule has 1 aromatic rings. The molecule has 3 amide bonds. The van der Waals surface area contributed by atoms with Gasteiger partial charge in [0.1, 0.15) is 12.4 Å². The second kappa shape index (κ2) is 8.60. The minimum Gasteiger partial charge on any atom is -0.481 e. The van der Waals surface area contributed by atoms with Gasteiger partial charge in [-0.1, -0.05) is 0 Å². The molecule has 30 heavy (non-hydrogen) atoms. The molecule has 1 aromatic carbocycles. The van der Waals surface area contributed by atoms with E-state index in [0.29, 0.717) is 17.7 Å². The maximum Gasteiger partial charge on any atom is 0.332 e. The third kappa shape index (κ3) is 3.89. The first kappa shape index (κ1) is 21.4. The molecule has 0 aromatic heterocycles. The topological polar surface area (TPSA) is 104 Å². The Kier molecular flexibility index (Phi) is 6.14. The Labute approximate surface area is 170 Å². The van der Waals surface area contributed by atoms with Crippen molar-refractivity contribution in [3.05, 3.63) is 29.1 Å². The van der Waals surface area contributed by atoms with E-state index in [1.807, 2.05) is 0 Å². The average Bonchev–Trinajstić information content (AvgIpc) is 2.70. The van der Waals surface area contributed by atoms with Gasteiger partial charge in [0.25, 0.3) is 11.8 Å².